The first-order valence-electron chi connectivity index (χ1n) is 7.03. The summed E-state index contributed by atoms with van der Waals surface area (Å²) >= 11 is 1.45. The standard InChI is InChI=1S/C16H20N2O3S/c1-16(21,14-6-3-9-22-14)11-18-15(20)17-8-7-12-4-2-5-13(19)10-12/h2-6,9-10,19,21H,7-8,11H2,1H3,(H2,17,18,20). The molecule has 0 radical (unpaired) electrons. The van der Waals surface area contributed by atoms with E-state index in [-0.39, 0.29) is 18.3 Å². The van der Waals surface area contributed by atoms with Crippen LogP contribution in [0.2, 0.25) is 0 Å². The number of thiophene rings is 1. The van der Waals surface area contributed by atoms with Gasteiger partial charge in [-0.2, -0.15) is 0 Å². The fourth-order valence-electron chi connectivity index (χ4n) is 2.02. The second-order valence-electron chi connectivity index (χ2n) is 5.28. The van der Waals surface area contributed by atoms with Crippen molar-refractivity contribution in [2.45, 2.75) is 18.9 Å². The Balaban J connectivity index is 1.72. The predicted molar refractivity (Wildman–Crippen MR) is 87.1 cm³/mol. The molecule has 0 aliphatic rings. The summed E-state index contributed by atoms with van der Waals surface area (Å²) in [6.45, 7) is 2.27. The highest BCUT2D eigenvalue weighted by Gasteiger charge is 2.24. The smallest absolute Gasteiger partial charge is 0.314 e. The largest absolute Gasteiger partial charge is 0.508 e. The Morgan fingerprint density at radius 3 is 2.77 bits per heavy atom. The number of aromatic hydroxyl groups is 1. The maximum absolute atomic E-state index is 11.7. The van der Waals surface area contributed by atoms with Gasteiger partial charge in [0.1, 0.15) is 11.4 Å². The van der Waals surface area contributed by atoms with Crippen LogP contribution in [0.5, 0.6) is 5.75 Å². The normalized spacial score (nSPS) is 13.4. The van der Waals surface area contributed by atoms with Gasteiger partial charge < -0.3 is 20.8 Å². The molecule has 2 amide bonds. The van der Waals surface area contributed by atoms with E-state index >= 15 is 0 Å². The Hall–Kier alpha value is -2.05. The highest BCUT2D eigenvalue weighted by atomic mass is 32.1. The van der Waals surface area contributed by atoms with Gasteiger partial charge in [-0.05, 0) is 42.5 Å². The molecule has 6 heteroatoms. The molecule has 0 fully saturated rings. The van der Waals surface area contributed by atoms with Gasteiger partial charge in [0.25, 0.3) is 0 Å². The number of aliphatic hydroxyl groups is 1. The van der Waals surface area contributed by atoms with Crippen LogP contribution in [0.15, 0.2) is 41.8 Å². The summed E-state index contributed by atoms with van der Waals surface area (Å²) in [4.78, 5) is 12.5. The third-order valence-electron chi connectivity index (χ3n) is 3.25. The van der Waals surface area contributed by atoms with E-state index < -0.39 is 5.60 Å². The molecule has 0 bridgehead atoms. The fourth-order valence-corrected chi connectivity index (χ4v) is 2.81. The Morgan fingerprint density at radius 1 is 1.27 bits per heavy atom. The molecule has 1 aromatic heterocycles. The van der Waals surface area contributed by atoms with Gasteiger partial charge >= 0.3 is 6.03 Å². The van der Waals surface area contributed by atoms with Crippen LogP contribution >= 0.6 is 11.3 Å². The molecule has 1 aromatic carbocycles. The van der Waals surface area contributed by atoms with Crippen LogP contribution in [0.4, 0.5) is 4.79 Å². The van der Waals surface area contributed by atoms with Crippen molar-refractivity contribution in [2.24, 2.45) is 0 Å². The first-order chi connectivity index (χ1) is 10.5. The number of phenolic OH excluding ortho intramolecular Hbond substituents is 1. The maximum Gasteiger partial charge on any atom is 0.314 e. The minimum atomic E-state index is -1.07. The van der Waals surface area contributed by atoms with Crippen LogP contribution in [0, 0.1) is 0 Å². The molecule has 0 aliphatic carbocycles. The lowest BCUT2D eigenvalue weighted by atomic mass is 10.1. The van der Waals surface area contributed by atoms with E-state index in [0.29, 0.717) is 13.0 Å². The summed E-state index contributed by atoms with van der Waals surface area (Å²) < 4.78 is 0. The lowest BCUT2D eigenvalue weighted by Crippen LogP contribution is -2.43. The molecule has 1 unspecified atom stereocenters. The zero-order chi connectivity index (χ0) is 16.0. The summed E-state index contributed by atoms with van der Waals surface area (Å²) in [7, 11) is 0. The molecule has 0 saturated heterocycles. The molecule has 4 N–H and O–H groups in total. The second-order valence-corrected chi connectivity index (χ2v) is 6.23. The van der Waals surface area contributed by atoms with Crippen LogP contribution in [-0.4, -0.2) is 29.3 Å². The second kappa shape index (κ2) is 7.29. The Labute approximate surface area is 133 Å². The van der Waals surface area contributed by atoms with Gasteiger partial charge in [-0.15, -0.1) is 11.3 Å². The van der Waals surface area contributed by atoms with Crippen molar-refractivity contribution in [2.75, 3.05) is 13.1 Å². The molecule has 118 valence electrons. The van der Waals surface area contributed by atoms with Gasteiger partial charge in [-0.1, -0.05) is 18.2 Å². The zero-order valence-corrected chi connectivity index (χ0v) is 13.2. The highest BCUT2D eigenvalue weighted by molar-refractivity contribution is 7.10. The number of rotatable bonds is 6. The number of carbonyl (C=O) groups excluding carboxylic acids is 1. The van der Waals surface area contributed by atoms with Gasteiger partial charge in [0, 0.05) is 11.4 Å². The van der Waals surface area contributed by atoms with E-state index in [0.717, 1.165) is 10.4 Å². The number of benzene rings is 1. The minimum absolute atomic E-state index is 0.144. The molecular formula is C16H20N2O3S. The van der Waals surface area contributed by atoms with Crippen LogP contribution < -0.4 is 10.6 Å². The molecule has 2 rings (SSSR count). The third kappa shape index (κ3) is 4.75. The van der Waals surface area contributed by atoms with Crippen LogP contribution in [0.1, 0.15) is 17.4 Å². The molecule has 1 atom stereocenters. The first-order valence-corrected chi connectivity index (χ1v) is 7.91. The van der Waals surface area contributed by atoms with Gasteiger partial charge in [0.2, 0.25) is 0 Å². The van der Waals surface area contributed by atoms with Gasteiger partial charge in [0.05, 0.1) is 6.54 Å². The predicted octanol–water partition coefficient (Wildman–Crippen LogP) is 2.20. The number of phenols is 1. The summed E-state index contributed by atoms with van der Waals surface area (Å²) in [6, 6.07) is 10.3. The quantitative estimate of drug-likeness (QED) is 0.658. The highest BCUT2D eigenvalue weighted by Crippen LogP contribution is 2.24. The zero-order valence-electron chi connectivity index (χ0n) is 12.4. The van der Waals surface area contributed by atoms with E-state index in [1.54, 1.807) is 25.1 Å². The summed E-state index contributed by atoms with van der Waals surface area (Å²) in [5.41, 5.74) is -0.123. The van der Waals surface area contributed by atoms with Crippen LogP contribution in [-0.2, 0) is 12.0 Å². The van der Waals surface area contributed by atoms with E-state index in [1.165, 1.54) is 11.3 Å². The van der Waals surface area contributed by atoms with Crippen molar-refractivity contribution in [1.82, 2.24) is 10.6 Å². The van der Waals surface area contributed by atoms with Gasteiger partial charge in [-0.3, -0.25) is 0 Å². The lowest BCUT2D eigenvalue weighted by molar-refractivity contribution is 0.0631. The third-order valence-corrected chi connectivity index (χ3v) is 4.38. The van der Waals surface area contributed by atoms with Crippen molar-refractivity contribution in [3.8, 4) is 5.75 Å². The first kappa shape index (κ1) is 16.3. The minimum Gasteiger partial charge on any atom is -0.508 e. The number of nitrogens with one attached hydrogen (secondary N) is 2. The Bertz CT molecular complexity index is 612. The molecule has 0 aliphatic heterocycles. The van der Waals surface area contributed by atoms with Crippen LogP contribution in [0.25, 0.3) is 0 Å². The topological polar surface area (TPSA) is 81.6 Å². The van der Waals surface area contributed by atoms with E-state index in [2.05, 4.69) is 10.6 Å². The number of carbonyl (C=O) groups is 1. The van der Waals surface area contributed by atoms with Crippen molar-refractivity contribution in [1.29, 1.82) is 0 Å². The lowest BCUT2D eigenvalue weighted by Gasteiger charge is -2.22. The van der Waals surface area contributed by atoms with Gasteiger partial charge in [0.15, 0.2) is 0 Å². The SMILES string of the molecule is CC(O)(CNC(=O)NCCc1cccc(O)c1)c1cccs1. The van der Waals surface area contributed by atoms with E-state index in [1.807, 2.05) is 23.6 Å². The molecule has 22 heavy (non-hydrogen) atoms. The summed E-state index contributed by atoms with van der Waals surface area (Å²) in [5.74, 6) is 0.217. The summed E-state index contributed by atoms with van der Waals surface area (Å²) in [5, 5.41) is 26.9. The monoisotopic (exact) mass is 320 g/mol. The molecule has 5 nitrogen and oxygen atoms in total. The number of urea groups is 1. The average molecular weight is 320 g/mol. The molecule has 0 saturated carbocycles. The van der Waals surface area contributed by atoms with Gasteiger partial charge in [-0.25, -0.2) is 4.79 Å². The maximum atomic E-state index is 11.7. The van der Waals surface area contributed by atoms with E-state index in [9.17, 15) is 15.0 Å². The number of hydrogen-bond donors (Lipinski definition) is 4. The van der Waals surface area contributed by atoms with Crippen molar-refractivity contribution >= 4 is 17.4 Å². The summed E-state index contributed by atoms with van der Waals surface area (Å²) in [6.07, 6.45) is 0.628. The number of hydrogen-bond acceptors (Lipinski definition) is 4. The Kier molecular flexibility index (Phi) is 5.41. The van der Waals surface area contributed by atoms with E-state index in [4.69, 9.17) is 0 Å². The fraction of sp³-hybridized carbons (Fsp3) is 0.312. The average Bonchev–Trinajstić information content (AvgIpc) is 3.00. The van der Waals surface area contributed by atoms with Crippen LogP contribution in [0.3, 0.4) is 0 Å². The molecule has 2 aromatic rings. The molecular weight excluding hydrogens is 300 g/mol. The molecule has 0 spiro atoms. The van der Waals surface area contributed by atoms with Crippen molar-refractivity contribution < 1.29 is 15.0 Å². The Morgan fingerprint density at radius 2 is 2.09 bits per heavy atom. The number of amides is 2. The van der Waals surface area contributed by atoms with Crippen molar-refractivity contribution in [3.63, 3.8) is 0 Å². The molecule has 1 heterocycles. The van der Waals surface area contributed by atoms with Crippen molar-refractivity contribution in [3.05, 3.63) is 52.2 Å².